The van der Waals surface area contributed by atoms with Gasteiger partial charge in [-0.2, -0.15) is 0 Å². The molecule has 6 aromatic rings. The third kappa shape index (κ3) is 3.03. The molecule has 1 saturated heterocycles. The highest BCUT2D eigenvalue weighted by Gasteiger charge is 2.52. The van der Waals surface area contributed by atoms with Crippen molar-refractivity contribution in [3.05, 3.63) is 102 Å². The van der Waals surface area contributed by atoms with Crippen molar-refractivity contribution in [1.29, 1.82) is 0 Å². The Kier molecular flexibility index (Phi) is 4.68. The Morgan fingerprint density at radius 1 is 0.525 bits per heavy atom. The zero-order valence-corrected chi connectivity index (χ0v) is 24.1. The highest BCUT2D eigenvalue weighted by Crippen LogP contribution is 2.54. The molecule has 196 valence electrons. The summed E-state index contributed by atoms with van der Waals surface area (Å²) in [6, 6.07) is 33.9. The van der Waals surface area contributed by atoms with Crippen LogP contribution in [0.1, 0.15) is 52.7 Å². The number of benzene rings is 6. The first-order chi connectivity index (χ1) is 19.1. The van der Waals surface area contributed by atoms with Crippen molar-refractivity contribution < 1.29 is 9.31 Å². The molecule has 0 spiro atoms. The van der Waals surface area contributed by atoms with Gasteiger partial charge in [0.05, 0.1) is 11.2 Å². The summed E-state index contributed by atoms with van der Waals surface area (Å²) < 4.78 is 12.9. The van der Waals surface area contributed by atoms with E-state index in [1.54, 1.807) is 0 Å². The lowest BCUT2D eigenvalue weighted by atomic mass is 9.75. The summed E-state index contributed by atoms with van der Waals surface area (Å²) >= 11 is 0. The van der Waals surface area contributed by atoms with Crippen molar-refractivity contribution in [2.24, 2.45) is 0 Å². The van der Waals surface area contributed by atoms with Gasteiger partial charge < -0.3 is 9.31 Å². The molecule has 2 nitrogen and oxygen atoms in total. The molecule has 0 radical (unpaired) electrons. The molecule has 1 aliphatic heterocycles. The second-order valence-corrected chi connectivity index (χ2v) is 13.2. The molecule has 0 saturated carbocycles. The Morgan fingerprint density at radius 3 is 1.90 bits per heavy atom. The summed E-state index contributed by atoms with van der Waals surface area (Å²) in [5.41, 5.74) is 5.57. The van der Waals surface area contributed by atoms with Gasteiger partial charge in [0.1, 0.15) is 0 Å². The second-order valence-electron chi connectivity index (χ2n) is 13.2. The first-order valence-electron chi connectivity index (χ1n) is 14.4. The zero-order valence-electron chi connectivity index (χ0n) is 24.1. The second kappa shape index (κ2) is 7.75. The van der Waals surface area contributed by atoms with Crippen LogP contribution in [-0.4, -0.2) is 18.3 Å². The standard InChI is InChI=1S/C37H33BO2/c1-35(2)31-20-16-23(38-39-36(3,4)37(5,6)40-38)21-30(31)28-18-19-29-32-24-12-8-7-11-22(24)15-17-27(32)25-13-9-10-14-26(25)33(29)34(28)35/h7-21H,1-6H3. The van der Waals surface area contributed by atoms with Crippen LogP contribution in [0.5, 0.6) is 0 Å². The number of hydrogen-bond donors (Lipinski definition) is 0. The summed E-state index contributed by atoms with van der Waals surface area (Å²) in [5.74, 6) is 0. The van der Waals surface area contributed by atoms with E-state index in [-0.39, 0.29) is 23.7 Å². The smallest absolute Gasteiger partial charge is 0.399 e. The normalized spacial score (nSPS) is 18.6. The molecule has 1 fully saturated rings. The fraction of sp³-hybridized carbons (Fsp3) is 0.243. The van der Waals surface area contributed by atoms with Crippen molar-refractivity contribution in [2.45, 2.75) is 58.2 Å². The van der Waals surface area contributed by atoms with Gasteiger partial charge in [-0.3, -0.25) is 0 Å². The molecular formula is C37H33BO2. The third-order valence-electron chi connectivity index (χ3n) is 10.0. The van der Waals surface area contributed by atoms with Crippen LogP contribution >= 0.6 is 0 Å². The molecule has 0 unspecified atom stereocenters. The molecule has 0 aromatic heterocycles. The fourth-order valence-electron chi connectivity index (χ4n) is 7.28. The Morgan fingerprint density at radius 2 is 1.15 bits per heavy atom. The van der Waals surface area contributed by atoms with Crippen LogP contribution < -0.4 is 5.46 Å². The van der Waals surface area contributed by atoms with E-state index in [2.05, 4.69) is 133 Å². The highest BCUT2D eigenvalue weighted by atomic mass is 16.7. The van der Waals surface area contributed by atoms with Crippen molar-refractivity contribution in [2.75, 3.05) is 0 Å². The fourth-order valence-corrected chi connectivity index (χ4v) is 7.28. The Bertz CT molecular complexity index is 2030. The predicted octanol–water partition coefficient (Wildman–Crippen LogP) is 8.90. The summed E-state index contributed by atoms with van der Waals surface area (Å²) in [5, 5.41) is 10.6. The van der Waals surface area contributed by atoms with E-state index in [9.17, 15) is 0 Å². The molecule has 0 atom stereocenters. The predicted molar refractivity (Wildman–Crippen MR) is 170 cm³/mol. The Balaban J connectivity index is 1.45. The molecule has 1 aliphatic carbocycles. The van der Waals surface area contributed by atoms with Gasteiger partial charge in [-0.05, 0) is 98.5 Å². The molecule has 0 N–H and O–H groups in total. The topological polar surface area (TPSA) is 18.5 Å². The largest absolute Gasteiger partial charge is 0.494 e. The van der Waals surface area contributed by atoms with Gasteiger partial charge in [-0.25, -0.2) is 0 Å². The number of rotatable bonds is 1. The van der Waals surface area contributed by atoms with Crippen molar-refractivity contribution in [1.82, 2.24) is 0 Å². The lowest BCUT2D eigenvalue weighted by Gasteiger charge is -2.32. The van der Waals surface area contributed by atoms with Crippen LogP contribution in [0.25, 0.3) is 54.2 Å². The molecular weight excluding hydrogens is 487 g/mol. The van der Waals surface area contributed by atoms with E-state index in [1.165, 1.54) is 65.3 Å². The van der Waals surface area contributed by atoms with Gasteiger partial charge in [0, 0.05) is 5.41 Å². The molecule has 2 aliphatic rings. The lowest BCUT2D eigenvalue weighted by Crippen LogP contribution is -2.41. The van der Waals surface area contributed by atoms with E-state index in [0.717, 1.165) is 5.46 Å². The van der Waals surface area contributed by atoms with E-state index in [0.29, 0.717) is 0 Å². The molecule has 40 heavy (non-hydrogen) atoms. The summed E-state index contributed by atoms with van der Waals surface area (Å²) in [6.07, 6.45) is 0. The van der Waals surface area contributed by atoms with Crippen molar-refractivity contribution >= 4 is 55.7 Å². The minimum Gasteiger partial charge on any atom is -0.399 e. The van der Waals surface area contributed by atoms with Crippen molar-refractivity contribution in [3.8, 4) is 11.1 Å². The third-order valence-corrected chi connectivity index (χ3v) is 10.0. The van der Waals surface area contributed by atoms with Gasteiger partial charge in [0.25, 0.3) is 0 Å². The quantitative estimate of drug-likeness (QED) is 0.159. The van der Waals surface area contributed by atoms with Crippen LogP contribution in [0.15, 0.2) is 91.0 Å². The summed E-state index contributed by atoms with van der Waals surface area (Å²) in [4.78, 5) is 0. The van der Waals surface area contributed by atoms with Crippen LogP contribution in [0, 0.1) is 0 Å². The highest BCUT2D eigenvalue weighted by molar-refractivity contribution is 6.62. The van der Waals surface area contributed by atoms with Crippen LogP contribution in [0.2, 0.25) is 0 Å². The first-order valence-corrected chi connectivity index (χ1v) is 14.4. The van der Waals surface area contributed by atoms with Crippen LogP contribution in [0.4, 0.5) is 0 Å². The van der Waals surface area contributed by atoms with Crippen molar-refractivity contribution in [3.63, 3.8) is 0 Å². The van der Waals surface area contributed by atoms with Gasteiger partial charge >= 0.3 is 7.12 Å². The number of hydrogen-bond acceptors (Lipinski definition) is 2. The van der Waals surface area contributed by atoms with Gasteiger partial charge in [0.2, 0.25) is 0 Å². The average Bonchev–Trinajstić information content (AvgIpc) is 3.31. The Labute approximate surface area is 236 Å². The molecule has 3 heteroatoms. The van der Waals surface area contributed by atoms with Gasteiger partial charge in [-0.1, -0.05) is 105 Å². The Hall–Kier alpha value is -3.66. The maximum absolute atomic E-state index is 6.44. The summed E-state index contributed by atoms with van der Waals surface area (Å²) in [6.45, 7) is 13.2. The van der Waals surface area contributed by atoms with Crippen LogP contribution in [-0.2, 0) is 14.7 Å². The molecule has 1 heterocycles. The molecule has 0 bridgehead atoms. The monoisotopic (exact) mass is 520 g/mol. The minimum absolute atomic E-state index is 0.153. The molecule has 0 amide bonds. The summed E-state index contributed by atoms with van der Waals surface area (Å²) in [7, 11) is -0.376. The van der Waals surface area contributed by atoms with E-state index in [4.69, 9.17) is 9.31 Å². The first kappa shape index (κ1) is 24.2. The maximum Gasteiger partial charge on any atom is 0.494 e. The van der Waals surface area contributed by atoms with E-state index >= 15 is 0 Å². The lowest BCUT2D eigenvalue weighted by molar-refractivity contribution is 0.00578. The average molecular weight is 520 g/mol. The minimum atomic E-state index is -0.376. The maximum atomic E-state index is 6.44. The van der Waals surface area contributed by atoms with E-state index < -0.39 is 0 Å². The van der Waals surface area contributed by atoms with Gasteiger partial charge in [0.15, 0.2) is 0 Å². The molecule has 6 aromatic carbocycles. The number of fused-ring (bicyclic) bond motifs is 12. The van der Waals surface area contributed by atoms with E-state index in [1.807, 2.05) is 0 Å². The zero-order chi connectivity index (χ0) is 27.6. The SMILES string of the molecule is CC1(C)c2ccc(B3OC(C)(C)C(C)(C)O3)cc2-c2ccc3c(c21)c1ccccc1c1ccc2ccccc2c13. The molecule has 8 rings (SSSR count). The van der Waals surface area contributed by atoms with Gasteiger partial charge in [-0.15, -0.1) is 0 Å². The van der Waals surface area contributed by atoms with Crippen LogP contribution in [0.3, 0.4) is 0 Å².